The van der Waals surface area contributed by atoms with Crippen molar-refractivity contribution in [3.05, 3.63) is 47.8 Å². The maximum absolute atomic E-state index is 12.3. The predicted octanol–water partition coefficient (Wildman–Crippen LogP) is 2.72. The van der Waals surface area contributed by atoms with Crippen LogP contribution < -0.4 is 4.72 Å². The van der Waals surface area contributed by atoms with E-state index in [1.807, 2.05) is 25.3 Å². The first-order valence-corrected chi connectivity index (χ1v) is 9.13. The molecule has 0 atom stereocenters. The molecule has 0 unspecified atom stereocenters. The number of unbranched alkanes of at least 4 members (excludes halogenated alkanes) is 1. The van der Waals surface area contributed by atoms with Crippen LogP contribution in [0.1, 0.15) is 37.8 Å². The molecule has 0 bridgehead atoms. The summed E-state index contributed by atoms with van der Waals surface area (Å²) in [6.07, 6.45) is 6.76. The van der Waals surface area contributed by atoms with Crippen molar-refractivity contribution >= 4 is 10.0 Å². The third-order valence-corrected chi connectivity index (χ3v) is 4.95. The first-order chi connectivity index (χ1) is 10.5. The number of nitrogens with zero attached hydrogens (tertiary/aromatic N) is 2. The van der Waals surface area contributed by atoms with Crippen molar-refractivity contribution in [3.8, 4) is 0 Å². The molecule has 6 heteroatoms. The van der Waals surface area contributed by atoms with Crippen LogP contribution >= 0.6 is 0 Å². The van der Waals surface area contributed by atoms with E-state index in [-0.39, 0.29) is 6.54 Å². The molecule has 1 heterocycles. The fourth-order valence-corrected chi connectivity index (χ4v) is 3.17. The second-order valence-electron chi connectivity index (χ2n) is 5.28. The largest absolute Gasteiger partial charge is 0.273 e. The van der Waals surface area contributed by atoms with E-state index in [0.29, 0.717) is 4.90 Å². The van der Waals surface area contributed by atoms with Crippen LogP contribution in [0.25, 0.3) is 0 Å². The summed E-state index contributed by atoms with van der Waals surface area (Å²) in [7, 11) is -3.48. The van der Waals surface area contributed by atoms with Gasteiger partial charge in [0, 0.05) is 24.8 Å². The third kappa shape index (κ3) is 4.42. The normalized spacial score (nSPS) is 11.7. The monoisotopic (exact) mass is 321 g/mol. The van der Waals surface area contributed by atoms with Crippen molar-refractivity contribution in [2.75, 3.05) is 0 Å². The molecule has 0 fully saturated rings. The summed E-state index contributed by atoms with van der Waals surface area (Å²) in [6, 6.07) is 7.12. The van der Waals surface area contributed by atoms with Gasteiger partial charge in [0.1, 0.15) is 0 Å². The maximum Gasteiger partial charge on any atom is 0.240 e. The van der Waals surface area contributed by atoms with E-state index in [2.05, 4.69) is 16.7 Å². The van der Waals surface area contributed by atoms with Gasteiger partial charge in [-0.2, -0.15) is 5.10 Å². The van der Waals surface area contributed by atoms with Crippen LogP contribution in [-0.4, -0.2) is 18.2 Å². The fourth-order valence-electron chi connectivity index (χ4n) is 2.15. The molecule has 22 heavy (non-hydrogen) atoms. The Morgan fingerprint density at radius 3 is 2.45 bits per heavy atom. The molecule has 1 aromatic heterocycles. The lowest BCUT2D eigenvalue weighted by Crippen LogP contribution is -2.23. The summed E-state index contributed by atoms with van der Waals surface area (Å²) >= 11 is 0. The topological polar surface area (TPSA) is 64.0 Å². The summed E-state index contributed by atoms with van der Waals surface area (Å²) in [6.45, 7) is 5.15. The molecule has 0 aliphatic rings. The van der Waals surface area contributed by atoms with Gasteiger partial charge in [-0.15, -0.1) is 0 Å². The highest BCUT2D eigenvalue weighted by Crippen LogP contribution is 2.13. The number of benzene rings is 1. The third-order valence-electron chi connectivity index (χ3n) is 3.53. The zero-order valence-corrected chi connectivity index (χ0v) is 13.9. The van der Waals surface area contributed by atoms with Gasteiger partial charge in [0.25, 0.3) is 0 Å². The van der Waals surface area contributed by atoms with Crippen LogP contribution in [0.3, 0.4) is 0 Å². The van der Waals surface area contributed by atoms with Crippen molar-refractivity contribution < 1.29 is 8.42 Å². The number of aromatic nitrogens is 2. The van der Waals surface area contributed by atoms with Crippen LogP contribution in [0.4, 0.5) is 0 Å². The number of rotatable bonds is 8. The van der Waals surface area contributed by atoms with Crippen molar-refractivity contribution in [2.45, 2.75) is 51.1 Å². The van der Waals surface area contributed by atoms with E-state index in [4.69, 9.17) is 0 Å². The Morgan fingerprint density at radius 2 is 1.86 bits per heavy atom. The summed E-state index contributed by atoms with van der Waals surface area (Å²) in [5.41, 5.74) is 2.02. The van der Waals surface area contributed by atoms with Crippen molar-refractivity contribution in [1.82, 2.24) is 14.5 Å². The number of hydrogen-bond donors (Lipinski definition) is 1. The highest BCUT2D eigenvalue weighted by Gasteiger charge is 2.13. The minimum Gasteiger partial charge on any atom is -0.273 e. The molecule has 0 spiro atoms. The molecule has 1 aromatic carbocycles. The van der Waals surface area contributed by atoms with E-state index in [0.717, 1.165) is 31.4 Å². The Bertz CT molecular complexity index is 690. The van der Waals surface area contributed by atoms with Crippen molar-refractivity contribution in [3.63, 3.8) is 0 Å². The smallest absolute Gasteiger partial charge is 0.240 e. The maximum atomic E-state index is 12.3. The van der Waals surface area contributed by atoms with Crippen LogP contribution in [0, 0.1) is 0 Å². The molecule has 0 radical (unpaired) electrons. The molecule has 0 saturated heterocycles. The van der Waals surface area contributed by atoms with E-state index < -0.39 is 10.0 Å². The molecule has 2 aromatic rings. The van der Waals surface area contributed by atoms with Gasteiger partial charge in [0.15, 0.2) is 0 Å². The minimum absolute atomic E-state index is 0.250. The fraction of sp³-hybridized carbons (Fsp3) is 0.438. The van der Waals surface area contributed by atoms with Crippen molar-refractivity contribution in [1.29, 1.82) is 0 Å². The van der Waals surface area contributed by atoms with Gasteiger partial charge < -0.3 is 0 Å². The second-order valence-corrected chi connectivity index (χ2v) is 7.04. The lowest BCUT2D eigenvalue weighted by atomic mass is 10.1. The zero-order valence-electron chi connectivity index (χ0n) is 13.1. The van der Waals surface area contributed by atoms with Gasteiger partial charge >= 0.3 is 0 Å². The Labute approximate surface area is 132 Å². The van der Waals surface area contributed by atoms with Crippen molar-refractivity contribution in [2.24, 2.45) is 0 Å². The minimum atomic E-state index is -3.48. The van der Waals surface area contributed by atoms with Crippen LogP contribution in [0.2, 0.25) is 0 Å². The standard InChI is InChI=1S/C16H23N3O2S/c1-3-5-6-14-7-9-16(10-8-14)22(20,21)18-12-15-11-17-19(4-2)13-15/h7-11,13,18H,3-6,12H2,1-2H3. The molecular formula is C16H23N3O2S. The Kier molecular flexibility index (Phi) is 5.74. The molecule has 0 aliphatic carbocycles. The average molecular weight is 321 g/mol. The lowest BCUT2D eigenvalue weighted by Gasteiger charge is -2.07. The first kappa shape index (κ1) is 16.7. The van der Waals surface area contributed by atoms with E-state index in [1.54, 1.807) is 23.0 Å². The van der Waals surface area contributed by atoms with Gasteiger partial charge in [-0.1, -0.05) is 25.5 Å². The summed E-state index contributed by atoms with van der Waals surface area (Å²) in [5.74, 6) is 0. The van der Waals surface area contributed by atoms with E-state index in [1.165, 1.54) is 5.56 Å². The van der Waals surface area contributed by atoms with Gasteiger partial charge in [0.05, 0.1) is 11.1 Å². The lowest BCUT2D eigenvalue weighted by molar-refractivity contribution is 0.581. The molecule has 0 aliphatic heterocycles. The van der Waals surface area contributed by atoms with Gasteiger partial charge in [-0.3, -0.25) is 4.68 Å². The van der Waals surface area contributed by atoms with Crippen LogP contribution in [0.5, 0.6) is 0 Å². The highest BCUT2D eigenvalue weighted by molar-refractivity contribution is 7.89. The van der Waals surface area contributed by atoms with E-state index in [9.17, 15) is 8.42 Å². The van der Waals surface area contributed by atoms with Gasteiger partial charge in [-0.05, 0) is 37.5 Å². The second kappa shape index (κ2) is 7.56. The quantitative estimate of drug-likeness (QED) is 0.813. The Hall–Kier alpha value is -1.66. The van der Waals surface area contributed by atoms with Gasteiger partial charge in [-0.25, -0.2) is 13.1 Å². The molecule has 0 saturated carbocycles. The molecule has 120 valence electrons. The molecule has 5 nitrogen and oxygen atoms in total. The Morgan fingerprint density at radius 1 is 1.14 bits per heavy atom. The predicted molar refractivity (Wildman–Crippen MR) is 87.0 cm³/mol. The molecule has 1 N–H and O–H groups in total. The van der Waals surface area contributed by atoms with Gasteiger partial charge in [0.2, 0.25) is 10.0 Å². The summed E-state index contributed by atoms with van der Waals surface area (Å²) in [5, 5.41) is 4.13. The molecule has 0 amide bonds. The first-order valence-electron chi connectivity index (χ1n) is 7.65. The SMILES string of the molecule is CCCCc1ccc(S(=O)(=O)NCc2cnn(CC)c2)cc1. The summed E-state index contributed by atoms with van der Waals surface area (Å²) in [4.78, 5) is 0.302. The summed E-state index contributed by atoms with van der Waals surface area (Å²) < 4.78 is 28.9. The van der Waals surface area contributed by atoms with E-state index >= 15 is 0 Å². The molecule has 2 rings (SSSR count). The highest BCUT2D eigenvalue weighted by atomic mass is 32.2. The van der Waals surface area contributed by atoms with Crippen LogP contribution in [0.15, 0.2) is 41.6 Å². The number of nitrogens with one attached hydrogen (secondary N) is 1. The number of aryl methyl sites for hydroxylation is 2. The number of sulfonamides is 1. The molecular weight excluding hydrogens is 298 g/mol. The zero-order chi connectivity index (χ0) is 16.0. The van der Waals surface area contributed by atoms with Crippen LogP contribution in [-0.2, 0) is 29.5 Å². The Balaban J connectivity index is 2.00. The average Bonchev–Trinajstić information content (AvgIpc) is 2.99. The number of hydrogen-bond acceptors (Lipinski definition) is 3.